The van der Waals surface area contributed by atoms with E-state index in [0.717, 1.165) is 11.8 Å². The second-order valence-electron chi connectivity index (χ2n) is 6.33. The summed E-state index contributed by atoms with van der Waals surface area (Å²) in [6, 6.07) is 2.97. The van der Waals surface area contributed by atoms with Gasteiger partial charge < -0.3 is 10.2 Å². The lowest BCUT2D eigenvalue weighted by molar-refractivity contribution is 0.315. The summed E-state index contributed by atoms with van der Waals surface area (Å²) in [6.07, 6.45) is 6.97. The van der Waals surface area contributed by atoms with Gasteiger partial charge in [-0.3, -0.25) is 0 Å². The number of hydrogen-bond donors (Lipinski definition) is 1. The van der Waals surface area contributed by atoms with Gasteiger partial charge in [-0.25, -0.2) is 0 Å². The minimum absolute atomic E-state index is 0.700. The summed E-state index contributed by atoms with van der Waals surface area (Å²) in [5.41, 5.74) is 1.43. The van der Waals surface area contributed by atoms with Gasteiger partial charge in [0.15, 0.2) is 0 Å². The van der Waals surface area contributed by atoms with Crippen LogP contribution in [0.5, 0.6) is 0 Å². The Hall–Kier alpha value is -0.540. The first-order chi connectivity index (χ1) is 9.35. The molecule has 0 spiro atoms. The second kappa shape index (κ2) is 6.27. The Morgan fingerprint density at radius 1 is 1.32 bits per heavy atom. The molecular weight excluding hydrogens is 252 g/mol. The molecule has 2 heterocycles. The number of nitrogens with one attached hydrogen (secondary N) is 1. The fourth-order valence-electron chi connectivity index (χ4n) is 3.27. The molecule has 2 aliphatic rings. The van der Waals surface area contributed by atoms with Crippen LogP contribution in [-0.4, -0.2) is 25.7 Å². The lowest BCUT2D eigenvalue weighted by Gasteiger charge is -2.39. The Morgan fingerprint density at radius 3 is 2.89 bits per heavy atom. The van der Waals surface area contributed by atoms with Gasteiger partial charge in [-0.1, -0.05) is 13.3 Å². The number of rotatable bonds is 6. The summed E-state index contributed by atoms with van der Waals surface area (Å²) < 4.78 is 0. The zero-order valence-corrected chi connectivity index (χ0v) is 12.8. The van der Waals surface area contributed by atoms with Crippen molar-refractivity contribution < 1.29 is 0 Å². The minimum atomic E-state index is 0.700. The van der Waals surface area contributed by atoms with Crippen molar-refractivity contribution >= 4 is 17.0 Å². The molecule has 106 valence electrons. The van der Waals surface area contributed by atoms with E-state index in [-0.39, 0.29) is 0 Å². The highest BCUT2D eigenvalue weighted by molar-refractivity contribution is 7.08. The summed E-state index contributed by atoms with van der Waals surface area (Å²) in [5, 5.41) is 8.32. The van der Waals surface area contributed by atoms with Gasteiger partial charge in [0.1, 0.15) is 0 Å². The van der Waals surface area contributed by atoms with Crippen LogP contribution in [0.2, 0.25) is 0 Å². The van der Waals surface area contributed by atoms with Gasteiger partial charge in [0.2, 0.25) is 0 Å². The number of hydrogen-bond acceptors (Lipinski definition) is 3. The Morgan fingerprint density at radius 2 is 2.21 bits per heavy atom. The molecule has 1 aliphatic heterocycles. The zero-order chi connectivity index (χ0) is 13.1. The molecule has 1 aliphatic carbocycles. The highest BCUT2D eigenvalue weighted by Crippen LogP contribution is 2.30. The number of piperidine rings is 1. The smallest absolute Gasteiger partial charge is 0.0475 e. The van der Waals surface area contributed by atoms with Crippen LogP contribution >= 0.6 is 11.3 Å². The lowest BCUT2D eigenvalue weighted by atomic mass is 9.90. The first-order valence-electron chi connectivity index (χ1n) is 7.85. The van der Waals surface area contributed by atoms with Crippen LogP contribution in [0.3, 0.4) is 0 Å². The molecule has 2 atom stereocenters. The molecular formula is C16H26N2S. The van der Waals surface area contributed by atoms with Crippen molar-refractivity contribution in [3.05, 3.63) is 16.8 Å². The molecule has 2 nitrogen and oxygen atoms in total. The molecule has 1 aromatic heterocycles. The normalized spacial score (nSPS) is 27.7. The molecule has 0 bridgehead atoms. The quantitative estimate of drug-likeness (QED) is 0.852. The molecule has 1 aromatic rings. The van der Waals surface area contributed by atoms with Crippen LogP contribution in [0.1, 0.15) is 39.0 Å². The van der Waals surface area contributed by atoms with Gasteiger partial charge in [-0.05, 0) is 55.5 Å². The maximum Gasteiger partial charge on any atom is 0.0475 e. The first kappa shape index (κ1) is 13.4. The molecule has 1 N–H and O–H groups in total. The van der Waals surface area contributed by atoms with Crippen LogP contribution < -0.4 is 10.2 Å². The first-order valence-corrected chi connectivity index (χ1v) is 8.80. The van der Waals surface area contributed by atoms with Gasteiger partial charge in [0.25, 0.3) is 0 Å². The van der Waals surface area contributed by atoms with Crippen LogP contribution in [-0.2, 0) is 0 Å². The van der Waals surface area contributed by atoms with Crippen molar-refractivity contribution in [3.63, 3.8) is 0 Å². The van der Waals surface area contributed by atoms with Crippen molar-refractivity contribution in [2.24, 2.45) is 11.8 Å². The fraction of sp³-hybridized carbons (Fsp3) is 0.750. The predicted molar refractivity (Wildman–Crippen MR) is 84.1 cm³/mol. The molecule has 0 aromatic carbocycles. The number of thiophene rings is 1. The molecule has 3 rings (SSSR count). The van der Waals surface area contributed by atoms with Gasteiger partial charge in [-0.2, -0.15) is 11.3 Å². The van der Waals surface area contributed by atoms with E-state index < -0.39 is 0 Å². The van der Waals surface area contributed by atoms with E-state index in [1.807, 2.05) is 11.3 Å². The molecule has 0 amide bonds. The summed E-state index contributed by atoms with van der Waals surface area (Å²) in [6.45, 7) is 6.02. The monoisotopic (exact) mass is 278 g/mol. The van der Waals surface area contributed by atoms with Gasteiger partial charge >= 0.3 is 0 Å². The number of nitrogens with zero attached hydrogens (tertiary/aromatic N) is 1. The van der Waals surface area contributed by atoms with Crippen molar-refractivity contribution in [2.45, 2.75) is 45.1 Å². The molecule has 2 unspecified atom stereocenters. The van der Waals surface area contributed by atoms with E-state index >= 15 is 0 Å². The topological polar surface area (TPSA) is 15.3 Å². The number of anilines is 1. The molecule has 3 heteroatoms. The lowest BCUT2D eigenvalue weighted by Crippen LogP contribution is -2.49. The van der Waals surface area contributed by atoms with Gasteiger partial charge in [0.05, 0.1) is 0 Å². The maximum atomic E-state index is 3.83. The summed E-state index contributed by atoms with van der Waals surface area (Å²) in [7, 11) is 0. The zero-order valence-electron chi connectivity index (χ0n) is 12.0. The SMILES string of the molecule is CCCC1CC(NCC2CC2)CN(c2ccsc2)C1. The Balaban J connectivity index is 1.59. The Bertz CT molecular complexity index is 372. The van der Waals surface area contributed by atoms with Crippen molar-refractivity contribution in [1.29, 1.82) is 0 Å². The van der Waals surface area contributed by atoms with Crippen LogP contribution in [0.4, 0.5) is 5.69 Å². The average molecular weight is 278 g/mol. The molecule has 0 radical (unpaired) electrons. The van der Waals surface area contributed by atoms with Crippen molar-refractivity contribution in [2.75, 3.05) is 24.5 Å². The Labute approximate surface area is 121 Å². The van der Waals surface area contributed by atoms with E-state index in [2.05, 4.69) is 34.0 Å². The second-order valence-corrected chi connectivity index (χ2v) is 7.11. The van der Waals surface area contributed by atoms with E-state index in [1.54, 1.807) is 0 Å². The highest BCUT2D eigenvalue weighted by atomic mass is 32.1. The van der Waals surface area contributed by atoms with Crippen LogP contribution in [0, 0.1) is 11.8 Å². The maximum absolute atomic E-state index is 3.83. The van der Waals surface area contributed by atoms with Crippen molar-refractivity contribution in [3.8, 4) is 0 Å². The molecule has 1 saturated heterocycles. The van der Waals surface area contributed by atoms with E-state index in [1.165, 1.54) is 57.4 Å². The molecule has 1 saturated carbocycles. The average Bonchev–Trinajstić information content (AvgIpc) is 3.08. The minimum Gasteiger partial charge on any atom is -0.369 e. The summed E-state index contributed by atoms with van der Waals surface area (Å²) in [4.78, 5) is 2.60. The third kappa shape index (κ3) is 3.73. The van der Waals surface area contributed by atoms with E-state index in [0.29, 0.717) is 6.04 Å². The van der Waals surface area contributed by atoms with Crippen molar-refractivity contribution in [1.82, 2.24) is 5.32 Å². The molecule has 2 fully saturated rings. The van der Waals surface area contributed by atoms with Gasteiger partial charge in [0, 0.05) is 30.2 Å². The Kier molecular flexibility index (Phi) is 4.44. The third-order valence-electron chi connectivity index (χ3n) is 4.50. The summed E-state index contributed by atoms with van der Waals surface area (Å²) in [5.74, 6) is 1.86. The van der Waals surface area contributed by atoms with Crippen LogP contribution in [0.25, 0.3) is 0 Å². The molecule has 19 heavy (non-hydrogen) atoms. The van der Waals surface area contributed by atoms with Crippen LogP contribution in [0.15, 0.2) is 16.8 Å². The standard InChI is InChI=1S/C16H26N2S/c1-2-3-14-8-15(17-9-13-4-5-13)11-18(10-14)16-6-7-19-12-16/h6-7,12-15,17H,2-5,8-11H2,1H3. The summed E-state index contributed by atoms with van der Waals surface area (Å²) >= 11 is 1.82. The van der Waals surface area contributed by atoms with E-state index in [9.17, 15) is 0 Å². The largest absolute Gasteiger partial charge is 0.369 e. The highest BCUT2D eigenvalue weighted by Gasteiger charge is 2.29. The van der Waals surface area contributed by atoms with E-state index in [4.69, 9.17) is 0 Å². The fourth-order valence-corrected chi connectivity index (χ4v) is 3.94. The predicted octanol–water partition coefficient (Wildman–Crippen LogP) is 3.74. The third-order valence-corrected chi connectivity index (χ3v) is 5.17. The van der Waals surface area contributed by atoms with Gasteiger partial charge in [-0.15, -0.1) is 0 Å².